The molecule has 1 aliphatic heterocycles. The highest BCUT2D eigenvalue weighted by molar-refractivity contribution is 7.17. The number of carbonyl (C=O) groups is 1. The Labute approximate surface area is 183 Å². The fourth-order valence-electron chi connectivity index (χ4n) is 3.25. The van der Waals surface area contributed by atoms with Crippen LogP contribution in [0.1, 0.15) is 16.6 Å². The molecule has 0 atom stereocenters. The predicted octanol–water partition coefficient (Wildman–Crippen LogP) is 2.79. The van der Waals surface area contributed by atoms with Crippen molar-refractivity contribution in [3.8, 4) is 0 Å². The summed E-state index contributed by atoms with van der Waals surface area (Å²) in [5, 5.41) is 6.24. The van der Waals surface area contributed by atoms with Crippen LogP contribution in [-0.4, -0.2) is 58.5 Å². The molecule has 11 heteroatoms. The molecule has 1 aromatic carbocycles. The second kappa shape index (κ2) is 9.23. The van der Waals surface area contributed by atoms with Gasteiger partial charge in [0.25, 0.3) is 5.91 Å². The van der Waals surface area contributed by atoms with Crippen molar-refractivity contribution in [1.82, 2.24) is 19.9 Å². The van der Waals surface area contributed by atoms with Crippen molar-refractivity contribution in [2.75, 3.05) is 54.0 Å². The van der Waals surface area contributed by atoms with Crippen LogP contribution in [0.3, 0.4) is 0 Å². The highest BCUT2D eigenvalue weighted by atomic mass is 32.1. The Morgan fingerprint density at radius 3 is 2.77 bits per heavy atom. The maximum absolute atomic E-state index is 13.4. The minimum atomic E-state index is -0.480. The molecular formula is C20H23FN8OS. The standard InChI is InChI=1S/C20H23FN8OS/c1-2-28-5-7-29(8-6-28)18-10-17(24-12-25-18)27-20-23-11-16(31-20)19(30)26-15-9-13(21)3-4-14(15)22/h3-4,9-12H,2,5-8,22H2,1H3,(H,26,30)(H,23,24,25,27). The van der Waals surface area contributed by atoms with E-state index in [4.69, 9.17) is 5.73 Å². The lowest BCUT2D eigenvalue weighted by molar-refractivity contribution is 0.103. The second-order valence-electron chi connectivity index (χ2n) is 7.02. The summed E-state index contributed by atoms with van der Waals surface area (Å²) in [4.78, 5) is 30.3. The van der Waals surface area contributed by atoms with Crippen LogP contribution in [0.25, 0.3) is 0 Å². The number of nitrogens with two attached hydrogens (primary N) is 1. The van der Waals surface area contributed by atoms with Gasteiger partial charge in [0.1, 0.15) is 28.7 Å². The van der Waals surface area contributed by atoms with E-state index >= 15 is 0 Å². The molecule has 3 heterocycles. The summed E-state index contributed by atoms with van der Waals surface area (Å²) in [6, 6.07) is 5.69. The molecule has 3 aromatic rings. The molecule has 1 fully saturated rings. The number of benzene rings is 1. The molecular weight excluding hydrogens is 419 g/mol. The average molecular weight is 443 g/mol. The third-order valence-corrected chi connectivity index (χ3v) is 5.94. The molecule has 162 valence electrons. The Bertz CT molecular complexity index is 1070. The number of hydrogen-bond acceptors (Lipinski definition) is 9. The quantitative estimate of drug-likeness (QED) is 0.500. The molecule has 4 rings (SSSR count). The predicted molar refractivity (Wildman–Crippen MR) is 121 cm³/mol. The molecule has 2 aromatic heterocycles. The van der Waals surface area contributed by atoms with Crippen molar-refractivity contribution in [1.29, 1.82) is 0 Å². The summed E-state index contributed by atoms with van der Waals surface area (Å²) in [5.41, 5.74) is 6.29. The molecule has 1 saturated heterocycles. The molecule has 4 N–H and O–H groups in total. The molecule has 9 nitrogen and oxygen atoms in total. The van der Waals surface area contributed by atoms with Crippen molar-refractivity contribution in [2.24, 2.45) is 0 Å². The normalized spacial score (nSPS) is 14.5. The number of thiazole rings is 1. The largest absolute Gasteiger partial charge is 0.397 e. The van der Waals surface area contributed by atoms with Crippen molar-refractivity contribution >= 4 is 45.4 Å². The number of halogens is 1. The number of nitrogen functional groups attached to an aromatic ring is 1. The fourth-order valence-corrected chi connectivity index (χ4v) is 3.97. The zero-order valence-corrected chi connectivity index (χ0v) is 17.8. The SMILES string of the molecule is CCN1CCN(c2cc(Nc3ncc(C(=O)Nc4cc(F)ccc4N)s3)ncn2)CC1. The Balaban J connectivity index is 1.41. The Kier molecular flexibility index (Phi) is 6.23. The summed E-state index contributed by atoms with van der Waals surface area (Å²) in [6.07, 6.45) is 2.96. The Morgan fingerprint density at radius 1 is 1.19 bits per heavy atom. The molecule has 0 unspecified atom stereocenters. The molecule has 1 amide bonds. The van der Waals surface area contributed by atoms with Gasteiger partial charge >= 0.3 is 0 Å². The molecule has 1 aliphatic rings. The van der Waals surface area contributed by atoms with Crippen LogP contribution < -0.4 is 21.3 Å². The lowest BCUT2D eigenvalue weighted by atomic mass is 10.2. The van der Waals surface area contributed by atoms with E-state index < -0.39 is 11.7 Å². The van der Waals surface area contributed by atoms with Crippen LogP contribution in [0.2, 0.25) is 0 Å². The highest BCUT2D eigenvalue weighted by Gasteiger charge is 2.18. The van der Waals surface area contributed by atoms with Gasteiger partial charge in [-0.15, -0.1) is 0 Å². The number of carbonyl (C=O) groups excluding carboxylic acids is 1. The van der Waals surface area contributed by atoms with E-state index in [-0.39, 0.29) is 11.4 Å². The van der Waals surface area contributed by atoms with Gasteiger partial charge in [-0.2, -0.15) is 0 Å². The van der Waals surface area contributed by atoms with E-state index in [0.29, 0.717) is 15.8 Å². The van der Waals surface area contributed by atoms with Gasteiger partial charge in [-0.05, 0) is 24.7 Å². The van der Waals surface area contributed by atoms with Crippen LogP contribution in [0.15, 0.2) is 36.8 Å². The number of anilines is 5. The molecule has 0 spiro atoms. The maximum Gasteiger partial charge on any atom is 0.267 e. The summed E-state index contributed by atoms with van der Waals surface area (Å²) in [5.74, 6) is 0.551. The smallest absolute Gasteiger partial charge is 0.267 e. The monoisotopic (exact) mass is 442 g/mol. The first kappa shape index (κ1) is 20.9. The highest BCUT2D eigenvalue weighted by Crippen LogP contribution is 2.26. The summed E-state index contributed by atoms with van der Waals surface area (Å²) in [6.45, 7) is 7.05. The van der Waals surface area contributed by atoms with E-state index in [9.17, 15) is 9.18 Å². The van der Waals surface area contributed by atoms with Crippen LogP contribution in [-0.2, 0) is 0 Å². The molecule has 0 saturated carbocycles. The first-order valence-electron chi connectivity index (χ1n) is 9.90. The van der Waals surface area contributed by atoms with E-state index in [2.05, 4.69) is 42.3 Å². The number of nitrogens with zero attached hydrogens (tertiary/aromatic N) is 5. The third-order valence-electron chi connectivity index (χ3n) is 5.02. The van der Waals surface area contributed by atoms with Crippen molar-refractivity contribution in [2.45, 2.75) is 6.92 Å². The summed E-state index contributed by atoms with van der Waals surface area (Å²) in [7, 11) is 0. The fraction of sp³-hybridized carbons (Fsp3) is 0.300. The van der Waals surface area contributed by atoms with Gasteiger partial charge in [0, 0.05) is 32.2 Å². The first-order chi connectivity index (χ1) is 15.0. The van der Waals surface area contributed by atoms with E-state index in [1.807, 2.05) is 6.07 Å². The number of rotatable bonds is 6. The molecule has 31 heavy (non-hydrogen) atoms. The summed E-state index contributed by atoms with van der Waals surface area (Å²) >= 11 is 1.16. The lowest BCUT2D eigenvalue weighted by Crippen LogP contribution is -2.46. The van der Waals surface area contributed by atoms with Crippen LogP contribution in [0.5, 0.6) is 0 Å². The van der Waals surface area contributed by atoms with Gasteiger partial charge in [-0.25, -0.2) is 19.3 Å². The Hall–Kier alpha value is -3.31. The van der Waals surface area contributed by atoms with Crippen molar-refractivity contribution in [3.05, 3.63) is 47.5 Å². The summed E-state index contributed by atoms with van der Waals surface area (Å²) < 4.78 is 13.4. The van der Waals surface area contributed by atoms with Gasteiger partial charge in [0.15, 0.2) is 5.13 Å². The third kappa shape index (κ3) is 5.06. The van der Waals surface area contributed by atoms with Gasteiger partial charge in [0.2, 0.25) is 0 Å². The average Bonchev–Trinajstić information content (AvgIpc) is 3.25. The number of likely N-dealkylation sites (N-methyl/N-ethyl adjacent to an activating group) is 1. The van der Waals surface area contributed by atoms with Crippen molar-refractivity contribution in [3.63, 3.8) is 0 Å². The number of piperazine rings is 1. The minimum absolute atomic E-state index is 0.219. The van der Waals surface area contributed by atoms with Gasteiger partial charge < -0.3 is 26.2 Å². The zero-order valence-electron chi connectivity index (χ0n) is 17.0. The number of amides is 1. The number of nitrogens with one attached hydrogen (secondary N) is 2. The minimum Gasteiger partial charge on any atom is -0.397 e. The van der Waals surface area contributed by atoms with E-state index in [1.54, 1.807) is 0 Å². The van der Waals surface area contributed by atoms with E-state index in [0.717, 1.165) is 49.9 Å². The van der Waals surface area contributed by atoms with E-state index in [1.165, 1.54) is 30.7 Å². The lowest BCUT2D eigenvalue weighted by Gasteiger charge is -2.34. The number of hydrogen-bond donors (Lipinski definition) is 3. The molecule has 0 bridgehead atoms. The zero-order chi connectivity index (χ0) is 21.8. The van der Waals surface area contributed by atoms with Gasteiger partial charge in [-0.3, -0.25) is 4.79 Å². The molecule has 0 radical (unpaired) electrons. The van der Waals surface area contributed by atoms with Crippen molar-refractivity contribution < 1.29 is 9.18 Å². The van der Waals surface area contributed by atoms with Crippen LogP contribution in [0, 0.1) is 5.82 Å². The van der Waals surface area contributed by atoms with Gasteiger partial charge in [-0.1, -0.05) is 18.3 Å². The van der Waals surface area contributed by atoms with Crippen LogP contribution >= 0.6 is 11.3 Å². The Morgan fingerprint density at radius 2 is 2.00 bits per heavy atom. The first-order valence-corrected chi connectivity index (χ1v) is 10.7. The van der Waals surface area contributed by atoms with Crippen LogP contribution in [0.4, 0.5) is 32.5 Å². The van der Waals surface area contributed by atoms with Gasteiger partial charge in [0.05, 0.1) is 17.6 Å². The topological polar surface area (TPSA) is 112 Å². The number of aromatic nitrogens is 3. The molecule has 0 aliphatic carbocycles. The maximum atomic E-state index is 13.4. The second-order valence-corrected chi connectivity index (χ2v) is 8.05.